The van der Waals surface area contributed by atoms with Gasteiger partial charge < -0.3 is 10.5 Å². The van der Waals surface area contributed by atoms with Gasteiger partial charge in [-0.05, 0) is 48.1 Å². The van der Waals surface area contributed by atoms with Gasteiger partial charge in [-0.15, -0.1) is 0 Å². The molecule has 2 aromatic carbocycles. The molecule has 152 valence electrons. The van der Waals surface area contributed by atoms with Gasteiger partial charge in [-0.25, -0.2) is 8.42 Å². The number of hydrogen-bond acceptors (Lipinski definition) is 5. The zero-order valence-corrected chi connectivity index (χ0v) is 17.1. The van der Waals surface area contributed by atoms with Crippen LogP contribution in [0.5, 0.6) is 0 Å². The molecule has 1 fully saturated rings. The number of ether oxygens (including phenoxy) is 1. The summed E-state index contributed by atoms with van der Waals surface area (Å²) in [6, 6.07) is 16.8. The second kappa shape index (κ2) is 8.76. The van der Waals surface area contributed by atoms with Crippen LogP contribution >= 0.6 is 0 Å². The maximum atomic E-state index is 11.8. The highest BCUT2D eigenvalue weighted by atomic mass is 32.2. The first-order valence-electron chi connectivity index (χ1n) is 9.48. The first kappa shape index (κ1) is 21.0. The van der Waals surface area contributed by atoms with Crippen LogP contribution in [0, 0.1) is 23.2 Å². The predicted octanol–water partition coefficient (Wildman–Crippen LogP) is 2.72. The molecule has 3 unspecified atom stereocenters. The van der Waals surface area contributed by atoms with Crippen LogP contribution in [-0.2, 0) is 25.8 Å². The van der Waals surface area contributed by atoms with Crippen LogP contribution in [0.15, 0.2) is 53.4 Å². The lowest BCUT2D eigenvalue weighted by atomic mass is 9.85. The maximum absolute atomic E-state index is 11.8. The molecule has 1 aliphatic rings. The molecule has 0 aliphatic carbocycles. The van der Waals surface area contributed by atoms with Gasteiger partial charge in [-0.3, -0.25) is 4.79 Å². The number of nitriles is 1. The molecule has 1 aliphatic heterocycles. The van der Waals surface area contributed by atoms with Gasteiger partial charge in [0.1, 0.15) is 0 Å². The number of rotatable bonds is 6. The van der Waals surface area contributed by atoms with E-state index in [1.54, 1.807) is 18.2 Å². The molecule has 0 radical (unpaired) electrons. The third kappa shape index (κ3) is 5.22. The fourth-order valence-corrected chi connectivity index (χ4v) is 4.29. The van der Waals surface area contributed by atoms with E-state index in [2.05, 4.69) is 6.07 Å². The molecule has 1 heterocycles. The average Bonchev–Trinajstić information content (AvgIpc) is 2.72. The quantitative estimate of drug-likeness (QED) is 0.784. The van der Waals surface area contributed by atoms with Gasteiger partial charge in [0.2, 0.25) is 5.91 Å². The Balaban J connectivity index is 1.73. The van der Waals surface area contributed by atoms with E-state index in [4.69, 9.17) is 10.5 Å². The number of carbonyl (C=O) groups is 1. The third-order valence-electron chi connectivity index (χ3n) is 5.34. The minimum absolute atomic E-state index is 0.242. The van der Waals surface area contributed by atoms with E-state index >= 15 is 0 Å². The molecular weight excluding hydrogens is 388 g/mol. The van der Waals surface area contributed by atoms with Crippen molar-refractivity contribution in [3.05, 3.63) is 54.1 Å². The Morgan fingerprint density at radius 3 is 2.59 bits per heavy atom. The largest absolute Gasteiger partial charge is 0.377 e. The van der Waals surface area contributed by atoms with Crippen molar-refractivity contribution < 1.29 is 17.9 Å². The molecule has 29 heavy (non-hydrogen) atoms. The Labute approximate surface area is 171 Å². The van der Waals surface area contributed by atoms with Crippen molar-refractivity contribution in [2.45, 2.75) is 30.3 Å². The van der Waals surface area contributed by atoms with Gasteiger partial charge in [0, 0.05) is 18.8 Å². The molecule has 2 N–H and O–H groups in total. The number of hydrogen-bond donors (Lipinski definition) is 1. The Bertz CT molecular complexity index is 1030. The summed E-state index contributed by atoms with van der Waals surface area (Å²) in [5, 5.41) is 9.60. The lowest BCUT2D eigenvalue weighted by molar-refractivity contribution is -0.127. The summed E-state index contributed by atoms with van der Waals surface area (Å²) < 4.78 is 29.3. The van der Waals surface area contributed by atoms with Crippen LogP contribution in [0.4, 0.5) is 0 Å². The predicted molar refractivity (Wildman–Crippen MR) is 109 cm³/mol. The Morgan fingerprint density at radius 2 is 1.97 bits per heavy atom. The maximum Gasteiger partial charge on any atom is 0.220 e. The molecular formula is C22H24N2O4S. The Morgan fingerprint density at radius 1 is 1.24 bits per heavy atom. The number of carbonyl (C=O) groups excluding carboxylic acids is 1. The van der Waals surface area contributed by atoms with E-state index in [1.807, 2.05) is 30.3 Å². The summed E-state index contributed by atoms with van der Waals surface area (Å²) in [5.74, 6) is -0.943. The smallest absolute Gasteiger partial charge is 0.220 e. The number of nitrogens with zero attached hydrogens (tertiary/aromatic N) is 1. The highest BCUT2D eigenvalue weighted by molar-refractivity contribution is 7.90. The lowest BCUT2D eigenvalue weighted by Crippen LogP contribution is -2.37. The summed E-state index contributed by atoms with van der Waals surface area (Å²) in [7, 11) is -3.27. The minimum Gasteiger partial charge on any atom is -0.377 e. The molecule has 3 rings (SSSR count). The van der Waals surface area contributed by atoms with Crippen molar-refractivity contribution in [1.29, 1.82) is 5.26 Å². The van der Waals surface area contributed by atoms with Crippen LogP contribution in [0.1, 0.15) is 18.4 Å². The summed E-state index contributed by atoms with van der Waals surface area (Å²) in [6.07, 6.45) is 2.47. The molecule has 1 amide bonds. The second-order valence-electron chi connectivity index (χ2n) is 7.47. The van der Waals surface area contributed by atoms with Gasteiger partial charge in [0.25, 0.3) is 0 Å². The summed E-state index contributed by atoms with van der Waals surface area (Å²) in [5.41, 5.74) is 8.11. The Kier molecular flexibility index (Phi) is 6.36. The molecule has 0 bridgehead atoms. The Hall–Kier alpha value is -2.69. The molecule has 6 nitrogen and oxygen atoms in total. The minimum atomic E-state index is -3.27. The number of sulfone groups is 1. The highest BCUT2D eigenvalue weighted by Gasteiger charge is 2.32. The van der Waals surface area contributed by atoms with Crippen molar-refractivity contribution in [1.82, 2.24) is 0 Å². The van der Waals surface area contributed by atoms with E-state index in [-0.39, 0.29) is 28.7 Å². The summed E-state index contributed by atoms with van der Waals surface area (Å²) in [4.78, 5) is 11.8. The van der Waals surface area contributed by atoms with Crippen molar-refractivity contribution in [3.63, 3.8) is 0 Å². The summed E-state index contributed by atoms with van der Waals surface area (Å²) in [6.45, 7) is 0.437. The topological polar surface area (TPSA) is 110 Å². The zero-order chi connectivity index (χ0) is 21.0. The number of amides is 1. The molecule has 0 aromatic heterocycles. The molecule has 3 atom stereocenters. The fourth-order valence-electron chi connectivity index (χ4n) is 3.62. The normalized spacial score (nSPS) is 20.6. The van der Waals surface area contributed by atoms with Crippen molar-refractivity contribution in [2.24, 2.45) is 17.6 Å². The SMILES string of the molecule is CS(=O)(=O)c1cccc(-c2ccc(CC(C#N)C3CC(C(N)=O)CCO3)cc2)c1. The van der Waals surface area contributed by atoms with Gasteiger partial charge in [-0.2, -0.15) is 5.26 Å². The van der Waals surface area contributed by atoms with Gasteiger partial charge in [0.05, 0.1) is 23.0 Å². The first-order valence-corrected chi connectivity index (χ1v) is 11.4. The van der Waals surface area contributed by atoms with E-state index in [0.29, 0.717) is 25.9 Å². The number of primary amides is 1. The lowest BCUT2D eigenvalue weighted by Gasteiger charge is -2.30. The zero-order valence-electron chi connectivity index (χ0n) is 16.2. The van der Waals surface area contributed by atoms with Crippen LogP contribution in [0.2, 0.25) is 0 Å². The summed E-state index contributed by atoms with van der Waals surface area (Å²) >= 11 is 0. The molecule has 2 aromatic rings. The van der Waals surface area contributed by atoms with Crippen LogP contribution in [0.3, 0.4) is 0 Å². The second-order valence-corrected chi connectivity index (χ2v) is 9.49. The van der Waals surface area contributed by atoms with Crippen molar-refractivity contribution in [2.75, 3.05) is 12.9 Å². The number of benzene rings is 2. The van der Waals surface area contributed by atoms with E-state index in [1.165, 1.54) is 6.26 Å². The monoisotopic (exact) mass is 412 g/mol. The fraction of sp³-hybridized carbons (Fsp3) is 0.364. The third-order valence-corrected chi connectivity index (χ3v) is 6.45. The molecule has 7 heteroatoms. The van der Waals surface area contributed by atoms with Crippen LogP contribution in [0.25, 0.3) is 11.1 Å². The molecule has 1 saturated heterocycles. The number of nitrogens with two attached hydrogens (primary N) is 1. The van der Waals surface area contributed by atoms with Gasteiger partial charge in [0.15, 0.2) is 9.84 Å². The standard InChI is InChI=1S/C22H24N2O4S/c1-29(26,27)20-4-2-3-17(12-20)16-7-5-15(6-8-16)11-19(14-23)21-13-18(22(24)25)9-10-28-21/h2-8,12,18-19,21H,9-11,13H2,1H3,(H2,24,25). The van der Waals surface area contributed by atoms with Crippen LogP contribution < -0.4 is 5.73 Å². The van der Waals surface area contributed by atoms with E-state index in [0.717, 1.165) is 16.7 Å². The van der Waals surface area contributed by atoms with Gasteiger partial charge >= 0.3 is 0 Å². The van der Waals surface area contributed by atoms with E-state index < -0.39 is 9.84 Å². The molecule has 0 spiro atoms. The molecule has 0 saturated carbocycles. The van der Waals surface area contributed by atoms with Gasteiger partial charge in [-0.1, -0.05) is 36.4 Å². The average molecular weight is 413 g/mol. The first-order chi connectivity index (χ1) is 13.8. The van der Waals surface area contributed by atoms with Crippen LogP contribution in [-0.4, -0.2) is 33.3 Å². The van der Waals surface area contributed by atoms with Crippen molar-refractivity contribution in [3.8, 4) is 17.2 Å². The highest BCUT2D eigenvalue weighted by Crippen LogP contribution is 2.28. The van der Waals surface area contributed by atoms with Crippen molar-refractivity contribution >= 4 is 15.7 Å². The van der Waals surface area contributed by atoms with E-state index in [9.17, 15) is 18.5 Å².